The molecule has 0 aromatic carbocycles. The zero-order chi connectivity index (χ0) is 10.7. The first-order valence-electron chi connectivity index (χ1n) is 5.84. The van der Waals surface area contributed by atoms with E-state index in [2.05, 4.69) is 19.2 Å². The summed E-state index contributed by atoms with van der Waals surface area (Å²) in [6.07, 6.45) is 3.67. The van der Waals surface area contributed by atoms with Crippen LogP contribution in [0.3, 0.4) is 0 Å². The zero-order valence-corrected chi connectivity index (χ0v) is 11.2. The van der Waals surface area contributed by atoms with Crippen molar-refractivity contribution in [2.45, 2.75) is 44.7 Å². The fourth-order valence-electron chi connectivity index (χ4n) is 2.00. The van der Waals surface area contributed by atoms with Crippen LogP contribution in [0.5, 0.6) is 0 Å². The van der Waals surface area contributed by atoms with Gasteiger partial charge < -0.3 is 5.32 Å². The minimum atomic E-state index is 0.329. The summed E-state index contributed by atoms with van der Waals surface area (Å²) in [5.41, 5.74) is 0.329. The Hall–Kier alpha value is 0.170. The van der Waals surface area contributed by atoms with Crippen LogP contribution in [0, 0.1) is 0 Å². The first-order valence-corrected chi connectivity index (χ1v) is 7.98. The Morgan fingerprint density at radius 1 is 1.47 bits per heavy atom. The summed E-state index contributed by atoms with van der Waals surface area (Å²) in [5, 5.41) is 4.83. The molecule has 1 N–H and O–H groups in total. The van der Waals surface area contributed by atoms with Crippen molar-refractivity contribution in [2.75, 3.05) is 17.3 Å². The van der Waals surface area contributed by atoms with Crippen LogP contribution >= 0.6 is 23.5 Å². The third-order valence-corrected chi connectivity index (χ3v) is 5.74. The maximum Gasteiger partial charge on any atom is 0.157 e. The summed E-state index contributed by atoms with van der Waals surface area (Å²) in [6.45, 7) is 4.54. The van der Waals surface area contributed by atoms with Gasteiger partial charge in [-0.25, -0.2) is 0 Å². The predicted molar refractivity (Wildman–Crippen MR) is 72.1 cm³/mol. The monoisotopic (exact) mass is 244 g/mol. The average molecular weight is 244 g/mol. The number of nitrogens with one attached hydrogen (secondary N) is 1. The highest BCUT2D eigenvalue weighted by Gasteiger charge is 2.34. The van der Waals surface area contributed by atoms with Gasteiger partial charge in [0.2, 0.25) is 0 Å². The predicted octanol–water partition coefficient (Wildman–Crippen LogP) is 2.74. The second kappa shape index (κ2) is 5.00. The Kier molecular flexibility index (Phi) is 3.88. The van der Waals surface area contributed by atoms with Gasteiger partial charge in [0.25, 0.3) is 0 Å². The highest BCUT2D eigenvalue weighted by atomic mass is 32.2. The maximum absolute atomic E-state index is 4.81. The van der Waals surface area contributed by atoms with Crippen molar-refractivity contribution < 1.29 is 0 Å². The van der Waals surface area contributed by atoms with Gasteiger partial charge in [0.1, 0.15) is 0 Å². The summed E-state index contributed by atoms with van der Waals surface area (Å²) < 4.78 is 0. The SMILES string of the molecule is CCC1(CC)CSC(=NC2CCSC2)N1. The largest absolute Gasteiger partial charge is 0.359 e. The highest BCUT2D eigenvalue weighted by molar-refractivity contribution is 8.14. The molecule has 2 aliphatic rings. The summed E-state index contributed by atoms with van der Waals surface area (Å²) in [4.78, 5) is 4.81. The van der Waals surface area contributed by atoms with Crippen LogP contribution in [-0.4, -0.2) is 34.0 Å². The Morgan fingerprint density at radius 2 is 2.27 bits per heavy atom. The van der Waals surface area contributed by atoms with Crippen LogP contribution < -0.4 is 5.32 Å². The minimum Gasteiger partial charge on any atom is -0.359 e. The van der Waals surface area contributed by atoms with E-state index in [9.17, 15) is 0 Å². The number of amidine groups is 1. The van der Waals surface area contributed by atoms with E-state index in [-0.39, 0.29) is 0 Å². The van der Waals surface area contributed by atoms with Crippen molar-refractivity contribution in [2.24, 2.45) is 4.99 Å². The van der Waals surface area contributed by atoms with E-state index in [1.807, 2.05) is 23.5 Å². The fraction of sp³-hybridized carbons (Fsp3) is 0.909. The molecule has 2 fully saturated rings. The molecule has 2 aliphatic heterocycles. The molecule has 0 radical (unpaired) electrons. The lowest BCUT2D eigenvalue weighted by atomic mass is 9.96. The molecular weight excluding hydrogens is 224 g/mol. The van der Waals surface area contributed by atoms with Gasteiger partial charge in [-0.1, -0.05) is 25.6 Å². The molecule has 1 unspecified atom stereocenters. The van der Waals surface area contributed by atoms with Gasteiger partial charge in [0, 0.05) is 17.0 Å². The number of thioether (sulfide) groups is 2. The molecule has 0 spiro atoms. The quantitative estimate of drug-likeness (QED) is 0.826. The molecule has 2 nitrogen and oxygen atoms in total. The van der Waals surface area contributed by atoms with Gasteiger partial charge in [-0.05, 0) is 25.0 Å². The molecule has 86 valence electrons. The second-order valence-electron chi connectivity index (χ2n) is 4.35. The van der Waals surface area contributed by atoms with Crippen LogP contribution in [0.1, 0.15) is 33.1 Å². The molecule has 0 aliphatic carbocycles. The van der Waals surface area contributed by atoms with E-state index >= 15 is 0 Å². The summed E-state index contributed by atoms with van der Waals surface area (Å²) in [6, 6.07) is 0.578. The van der Waals surface area contributed by atoms with E-state index in [4.69, 9.17) is 4.99 Å². The van der Waals surface area contributed by atoms with Crippen LogP contribution in [0.25, 0.3) is 0 Å². The third kappa shape index (κ3) is 2.64. The van der Waals surface area contributed by atoms with E-state index in [0.29, 0.717) is 11.6 Å². The lowest BCUT2D eigenvalue weighted by molar-refractivity contribution is 0.407. The van der Waals surface area contributed by atoms with E-state index in [0.717, 1.165) is 0 Å². The maximum atomic E-state index is 4.81. The standard InChI is InChI=1S/C11H20N2S2/c1-3-11(4-2)8-15-10(13-11)12-9-5-6-14-7-9/h9H,3-8H2,1-2H3,(H,12,13). The molecule has 0 saturated carbocycles. The third-order valence-electron chi connectivity index (χ3n) is 3.42. The van der Waals surface area contributed by atoms with Crippen LogP contribution in [0.4, 0.5) is 0 Å². The number of rotatable bonds is 3. The van der Waals surface area contributed by atoms with E-state index < -0.39 is 0 Å². The molecule has 0 aromatic heterocycles. The van der Waals surface area contributed by atoms with Crippen LogP contribution in [0.2, 0.25) is 0 Å². The zero-order valence-electron chi connectivity index (χ0n) is 9.58. The van der Waals surface area contributed by atoms with Crippen LogP contribution in [-0.2, 0) is 0 Å². The lowest BCUT2D eigenvalue weighted by Crippen LogP contribution is -2.42. The summed E-state index contributed by atoms with van der Waals surface area (Å²) >= 11 is 3.95. The van der Waals surface area contributed by atoms with Gasteiger partial charge in [-0.3, -0.25) is 4.99 Å². The lowest BCUT2D eigenvalue weighted by Gasteiger charge is -2.25. The molecule has 0 bridgehead atoms. The number of nitrogens with zero attached hydrogens (tertiary/aromatic N) is 1. The van der Waals surface area contributed by atoms with Crippen molar-refractivity contribution >= 4 is 28.7 Å². The average Bonchev–Trinajstić information content (AvgIpc) is 2.89. The van der Waals surface area contributed by atoms with Crippen molar-refractivity contribution in [3.8, 4) is 0 Å². The van der Waals surface area contributed by atoms with Crippen molar-refractivity contribution in [3.05, 3.63) is 0 Å². The molecule has 0 aromatic rings. The van der Waals surface area contributed by atoms with Crippen LogP contribution in [0.15, 0.2) is 4.99 Å². The molecule has 4 heteroatoms. The van der Waals surface area contributed by atoms with Crippen molar-refractivity contribution in [1.82, 2.24) is 5.32 Å². The van der Waals surface area contributed by atoms with Gasteiger partial charge in [0.05, 0.1) is 6.04 Å². The summed E-state index contributed by atoms with van der Waals surface area (Å²) in [7, 11) is 0. The van der Waals surface area contributed by atoms with Crippen molar-refractivity contribution in [3.63, 3.8) is 0 Å². The smallest absolute Gasteiger partial charge is 0.157 e. The number of hydrogen-bond donors (Lipinski definition) is 1. The Bertz CT molecular complexity index is 243. The topological polar surface area (TPSA) is 24.4 Å². The van der Waals surface area contributed by atoms with Gasteiger partial charge in [-0.2, -0.15) is 11.8 Å². The molecular formula is C11H20N2S2. The Morgan fingerprint density at radius 3 is 2.80 bits per heavy atom. The molecule has 2 heterocycles. The number of hydrogen-bond acceptors (Lipinski definition) is 3. The second-order valence-corrected chi connectivity index (χ2v) is 6.47. The Labute approximate surface area is 101 Å². The Balaban J connectivity index is 1.96. The minimum absolute atomic E-state index is 0.329. The molecule has 2 saturated heterocycles. The highest BCUT2D eigenvalue weighted by Crippen LogP contribution is 2.30. The molecule has 0 amide bonds. The summed E-state index contributed by atoms with van der Waals surface area (Å²) in [5.74, 6) is 3.70. The van der Waals surface area contributed by atoms with E-state index in [1.165, 1.54) is 41.7 Å². The molecule has 1 atom stereocenters. The van der Waals surface area contributed by atoms with Gasteiger partial charge in [0.15, 0.2) is 5.17 Å². The van der Waals surface area contributed by atoms with Gasteiger partial charge in [-0.15, -0.1) is 0 Å². The first-order chi connectivity index (χ1) is 7.28. The molecule has 15 heavy (non-hydrogen) atoms. The number of aliphatic imine (C=N–C) groups is 1. The van der Waals surface area contributed by atoms with E-state index in [1.54, 1.807) is 0 Å². The van der Waals surface area contributed by atoms with Gasteiger partial charge >= 0.3 is 0 Å². The van der Waals surface area contributed by atoms with Crippen molar-refractivity contribution in [1.29, 1.82) is 0 Å². The first kappa shape index (κ1) is 11.6. The fourth-order valence-corrected chi connectivity index (χ4v) is 4.52. The normalized spacial score (nSPS) is 32.1. The molecule has 2 rings (SSSR count).